The smallest absolute Gasteiger partial charge is 0.326 e. The Morgan fingerprint density at radius 2 is 1.41 bits per heavy atom. The van der Waals surface area contributed by atoms with Gasteiger partial charge in [-0.05, 0) is 24.9 Å². The number of benzene rings is 1. The zero-order chi connectivity index (χ0) is 20.2. The van der Waals surface area contributed by atoms with Gasteiger partial charge in [-0.2, -0.15) is 0 Å². The number of nitrogens with one attached hydrogen (secondary N) is 3. The van der Waals surface area contributed by atoms with Crippen molar-refractivity contribution in [3.05, 3.63) is 35.9 Å². The predicted octanol–water partition coefficient (Wildman–Crippen LogP) is 0.237. The number of aliphatic carboxylic acids is 3. The number of carboxylic acid groups (broad SMARTS) is 3. The van der Waals surface area contributed by atoms with E-state index in [0.717, 1.165) is 5.56 Å². The van der Waals surface area contributed by atoms with E-state index in [2.05, 4.69) is 16.0 Å². The Bertz CT molecular complexity index is 651. The second kappa shape index (κ2) is 11.5. The molecule has 10 heteroatoms. The molecule has 0 unspecified atom stereocenters. The Labute approximate surface area is 155 Å². The van der Waals surface area contributed by atoms with Crippen LogP contribution in [0.2, 0.25) is 0 Å². The van der Waals surface area contributed by atoms with Crippen molar-refractivity contribution in [2.24, 2.45) is 0 Å². The van der Waals surface area contributed by atoms with E-state index in [4.69, 9.17) is 10.2 Å². The third kappa shape index (κ3) is 9.21. The van der Waals surface area contributed by atoms with Gasteiger partial charge < -0.3 is 31.3 Å². The summed E-state index contributed by atoms with van der Waals surface area (Å²) in [7, 11) is 0. The molecule has 2 atom stereocenters. The van der Waals surface area contributed by atoms with Crippen LogP contribution in [0.3, 0.4) is 0 Å². The highest BCUT2D eigenvalue weighted by Crippen LogP contribution is 2.00. The second-order valence-corrected chi connectivity index (χ2v) is 5.78. The third-order valence-electron chi connectivity index (χ3n) is 3.64. The lowest BCUT2D eigenvalue weighted by Crippen LogP contribution is -2.51. The summed E-state index contributed by atoms with van der Waals surface area (Å²) in [5, 5.41) is 34.1. The zero-order valence-electron chi connectivity index (χ0n) is 14.6. The van der Waals surface area contributed by atoms with E-state index < -0.39 is 42.4 Å². The molecule has 0 fully saturated rings. The summed E-state index contributed by atoms with van der Waals surface area (Å²) in [5.41, 5.74) is 1.03. The largest absolute Gasteiger partial charge is 0.481 e. The molecule has 0 saturated carbocycles. The summed E-state index contributed by atoms with van der Waals surface area (Å²) >= 11 is 0. The molecule has 1 aromatic carbocycles. The summed E-state index contributed by atoms with van der Waals surface area (Å²) in [6.07, 6.45) is -0.667. The minimum absolute atomic E-state index is 0.0858. The lowest BCUT2D eigenvalue weighted by atomic mass is 10.1. The van der Waals surface area contributed by atoms with Crippen molar-refractivity contribution in [2.45, 2.75) is 37.9 Å². The van der Waals surface area contributed by atoms with E-state index in [-0.39, 0.29) is 12.8 Å². The molecule has 0 spiro atoms. The molecule has 0 bridgehead atoms. The van der Waals surface area contributed by atoms with Crippen molar-refractivity contribution in [1.82, 2.24) is 16.0 Å². The molecule has 6 N–H and O–H groups in total. The fraction of sp³-hybridized carbons (Fsp3) is 0.412. The van der Waals surface area contributed by atoms with Gasteiger partial charge in [0.15, 0.2) is 0 Å². The predicted molar refractivity (Wildman–Crippen MR) is 94.2 cm³/mol. The highest BCUT2D eigenvalue weighted by molar-refractivity contribution is 5.86. The molecule has 0 saturated heterocycles. The number of carboxylic acids is 3. The van der Waals surface area contributed by atoms with Crippen LogP contribution in [-0.2, 0) is 20.9 Å². The molecule has 0 aliphatic carbocycles. The van der Waals surface area contributed by atoms with Gasteiger partial charge in [-0.3, -0.25) is 4.79 Å². The van der Waals surface area contributed by atoms with Crippen molar-refractivity contribution in [2.75, 3.05) is 6.54 Å². The van der Waals surface area contributed by atoms with Crippen LogP contribution in [0.15, 0.2) is 30.3 Å². The van der Waals surface area contributed by atoms with E-state index in [1.54, 1.807) is 0 Å². The van der Waals surface area contributed by atoms with Crippen LogP contribution >= 0.6 is 0 Å². The minimum atomic E-state index is -1.42. The normalized spacial score (nSPS) is 12.6. The molecule has 148 valence electrons. The fourth-order valence-electron chi connectivity index (χ4n) is 2.22. The maximum Gasteiger partial charge on any atom is 0.326 e. The Morgan fingerprint density at radius 1 is 0.852 bits per heavy atom. The second-order valence-electron chi connectivity index (χ2n) is 5.78. The number of carbonyl (C=O) groups excluding carboxylic acids is 1. The monoisotopic (exact) mass is 381 g/mol. The lowest BCUT2D eigenvalue weighted by molar-refractivity contribution is -0.140. The summed E-state index contributed by atoms with van der Waals surface area (Å²) in [6, 6.07) is 5.84. The number of hydrogen-bond acceptors (Lipinski definition) is 5. The Hall–Kier alpha value is -3.14. The van der Waals surface area contributed by atoms with Gasteiger partial charge in [0.1, 0.15) is 12.1 Å². The molecule has 0 heterocycles. The van der Waals surface area contributed by atoms with Gasteiger partial charge in [-0.15, -0.1) is 0 Å². The fourth-order valence-corrected chi connectivity index (χ4v) is 2.22. The molecule has 27 heavy (non-hydrogen) atoms. The summed E-state index contributed by atoms with van der Waals surface area (Å²) in [6.45, 7) is 0.850. The van der Waals surface area contributed by atoms with Crippen LogP contribution in [0.25, 0.3) is 0 Å². The topological polar surface area (TPSA) is 165 Å². The van der Waals surface area contributed by atoms with Crippen LogP contribution in [0, 0.1) is 0 Å². The molecular formula is C17H23N3O7. The highest BCUT2D eigenvalue weighted by atomic mass is 16.4. The van der Waals surface area contributed by atoms with E-state index in [1.807, 2.05) is 30.3 Å². The number of urea groups is 1. The first-order valence-corrected chi connectivity index (χ1v) is 8.28. The van der Waals surface area contributed by atoms with Crippen LogP contribution in [0.4, 0.5) is 4.79 Å². The molecule has 0 aromatic heterocycles. The van der Waals surface area contributed by atoms with Crippen molar-refractivity contribution in [1.29, 1.82) is 0 Å². The number of carbonyl (C=O) groups is 4. The van der Waals surface area contributed by atoms with Crippen LogP contribution < -0.4 is 16.0 Å². The molecule has 10 nitrogen and oxygen atoms in total. The van der Waals surface area contributed by atoms with Crippen molar-refractivity contribution < 1.29 is 34.5 Å². The SMILES string of the molecule is O=C(O)CC[C@H](NC(=O)N[C@@H](CCNCc1ccccc1)C(=O)O)C(=O)O. The molecule has 2 amide bonds. The van der Waals surface area contributed by atoms with Crippen LogP contribution in [0.5, 0.6) is 0 Å². The summed E-state index contributed by atoms with van der Waals surface area (Å²) in [5.74, 6) is -3.86. The van der Waals surface area contributed by atoms with Gasteiger partial charge in [0.05, 0.1) is 0 Å². The first-order chi connectivity index (χ1) is 12.8. The maximum atomic E-state index is 11.9. The molecule has 0 radical (unpaired) electrons. The van der Waals surface area contributed by atoms with Crippen LogP contribution in [-0.4, -0.2) is 57.9 Å². The molecule has 0 aliphatic rings. The number of amides is 2. The van der Waals surface area contributed by atoms with E-state index in [1.165, 1.54) is 0 Å². The molecule has 1 aromatic rings. The first-order valence-electron chi connectivity index (χ1n) is 8.28. The number of rotatable bonds is 12. The summed E-state index contributed by atoms with van der Waals surface area (Å²) in [4.78, 5) is 44.7. The van der Waals surface area contributed by atoms with Crippen LogP contribution in [0.1, 0.15) is 24.8 Å². The summed E-state index contributed by atoms with van der Waals surface area (Å²) < 4.78 is 0. The number of hydrogen-bond donors (Lipinski definition) is 6. The molecule has 0 aliphatic heterocycles. The standard InChI is InChI=1S/C17H23N3O7/c21-14(22)7-6-12(15(23)24)19-17(27)20-13(16(25)26)8-9-18-10-11-4-2-1-3-5-11/h1-5,12-13,18H,6-10H2,(H,21,22)(H,23,24)(H,25,26)(H2,19,20,27)/t12-,13-/m0/s1. The van der Waals surface area contributed by atoms with Gasteiger partial charge in [0.25, 0.3) is 0 Å². The highest BCUT2D eigenvalue weighted by Gasteiger charge is 2.24. The average Bonchev–Trinajstić information content (AvgIpc) is 2.61. The van der Waals surface area contributed by atoms with Gasteiger partial charge >= 0.3 is 23.9 Å². The van der Waals surface area contributed by atoms with E-state index in [0.29, 0.717) is 13.1 Å². The van der Waals surface area contributed by atoms with E-state index in [9.17, 15) is 24.3 Å². The van der Waals surface area contributed by atoms with Gasteiger partial charge in [-0.1, -0.05) is 30.3 Å². The van der Waals surface area contributed by atoms with Crippen molar-refractivity contribution in [3.63, 3.8) is 0 Å². The Morgan fingerprint density at radius 3 is 1.93 bits per heavy atom. The zero-order valence-corrected chi connectivity index (χ0v) is 14.6. The van der Waals surface area contributed by atoms with Gasteiger partial charge in [0.2, 0.25) is 0 Å². The van der Waals surface area contributed by atoms with Gasteiger partial charge in [-0.25, -0.2) is 14.4 Å². The lowest BCUT2D eigenvalue weighted by Gasteiger charge is -2.18. The minimum Gasteiger partial charge on any atom is -0.481 e. The Kier molecular flexibility index (Phi) is 9.30. The van der Waals surface area contributed by atoms with Gasteiger partial charge in [0, 0.05) is 13.0 Å². The third-order valence-corrected chi connectivity index (χ3v) is 3.64. The van der Waals surface area contributed by atoms with E-state index >= 15 is 0 Å². The first kappa shape index (κ1) is 21.9. The van der Waals surface area contributed by atoms with Crippen molar-refractivity contribution in [3.8, 4) is 0 Å². The molecular weight excluding hydrogens is 358 g/mol. The Balaban J connectivity index is 2.44. The maximum absolute atomic E-state index is 11.9. The van der Waals surface area contributed by atoms with Crippen molar-refractivity contribution >= 4 is 23.9 Å². The average molecular weight is 381 g/mol. The molecule has 1 rings (SSSR count). The quantitative estimate of drug-likeness (QED) is 0.280.